The van der Waals surface area contributed by atoms with Gasteiger partial charge in [-0.25, -0.2) is 4.98 Å². The summed E-state index contributed by atoms with van der Waals surface area (Å²) in [5, 5.41) is 5.77. The Balaban J connectivity index is 1.34. The molecule has 3 aromatic rings. The summed E-state index contributed by atoms with van der Waals surface area (Å²) in [6, 6.07) is 4.11. The van der Waals surface area contributed by atoms with Crippen molar-refractivity contribution < 1.29 is 4.79 Å². The molecule has 1 amide bonds. The predicted molar refractivity (Wildman–Crippen MR) is 111 cm³/mol. The van der Waals surface area contributed by atoms with E-state index in [1.807, 2.05) is 18.0 Å². The molecule has 2 aliphatic rings. The van der Waals surface area contributed by atoms with Crippen LogP contribution >= 0.6 is 11.3 Å². The minimum Gasteiger partial charge on any atom is -0.383 e. The number of nitrogens with one attached hydrogen (secondary N) is 1. The highest BCUT2D eigenvalue weighted by Gasteiger charge is 2.50. The van der Waals surface area contributed by atoms with Crippen LogP contribution in [0.2, 0.25) is 0 Å². The average Bonchev–Trinajstić information content (AvgIpc) is 3.40. The summed E-state index contributed by atoms with van der Waals surface area (Å²) in [7, 11) is 0. The predicted octanol–water partition coefficient (Wildman–Crippen LogP) is 3.75. The largest absolute Gasteiger partial charge is 0.383 e. The number of thiophene rings is 1. The highest BCUT2D eigenvalue weighted by atomic mass is 32.1. The standard InChI is InChI=1S/C21H23N5OS/c1-14-9-24-18(10-23-14)20(27)26-11-15-3-2-6-21(15,13-26)12-25-16-4-7-22-17-5-8-28-19(16)17/h4-5,7-10,15H,2-3,6,11-13H2,1H3,(H,22,25)/t15-,21-/m0/s1. The summed E-state index contributed by atoms with van der Waals surface area (Å²) >= 11 is 1.72. The SMILES string of the molecule is Cc1cnc(C(=O)N2C[C@@H]3CCC[C@]3(CNc3ccnc4ccsc34)C2)cn1. The van der Waals surface area contributed by atoms with Gasteiger partial charge in [-0.2, -0.15) is 0 Å². The van der Waals surface area contributed by atoms with Crippen molar-refractivity contribution in [2.45, 2.75) is 26.2 Å². The molecule has 1 aliphatic heterocycles. The minimum absolute atomic E-state index is 0.00540. The quantitative estimate of drug-likeness (QED) is 0.731. The van der Waals surface area contributed by atoms with Crippen molar-refractivity contribution in [1.29, 1.82) is 0 Å². The van der Waals surface area contributed by atoms with E-state index in [1.54, 1.807) is 23.7 Å². The summed E-state index contributed by atoms with van der Waals surface area (Å²) in [6.07, 6.45) is 8.71. The first-order valence-electron chi connectivity index (χ1n) is 9.79. The number of hydrogen-bond acceptors (Lipinski definition) is 6. The smallest absolute Gasteiger partial charge is 0.274 e. The maximum atomic E-state index is 12.9. The van der Waals surface area contributed by atoms with Gasteiger partial charge in [0, 0.05) is 37.4 Å². The molecule has 6 nitrogen and oxygen atoms in total. The van der Waals surface area contributed by atoms with Gasteiger partial charge in [0.2, 0.25) is 0 Å². The number of pyridine rings is 1. The van der Waals surface area contributed by atoms with Crippen LogP contribution in [-0.4, -0.2) is 45.4 Å². The van der Waals surface area contributed by atoms with Gasteiger partial charge in [-0.15, -0.1) is 11.3 Å². The first-order valence-corrected chi connectivity index (χ1v) is 10.7. The molecule has 1 saturated heterocycles. The fourth-order valence-corrected chi connectivity index (χ4v) is 5.65. The summed E-state index contributed by atoms with van der Waals surface area (Å²) in [6.45, 7) is 4.38. The van der Waals surface area contributed by atoms with Gasteiger partial charge in [0.25, 0.3) is 5.91 Å². The molecule has 1 aliphatic carbocycles. The van der Waals surface area contributed by atoms with Gasteiger partial charge >= 0.3 is 0 Å². The Hall–Kier alpha value is -2.54. The van der Waals surface area contributed by atoms with Gasteiger partial charge in [-0.1, -0.05) is 6.42 Å². The monoisotopic (exact) mass is 393 g/mol. The van der Waals surface area contributed by atoms with Gasteiger partial charge in [-0.3, -0.25) is 14.8 Å². The molecule has 0 bridgehead atoms. The van der Waals surface area contributed by atoms with E-state index in [2.05, 4.69) is 37.8 Å². The molecular weight excluding hydrogens is 370 g/mol. The number of nitrogens with zero attached hydrogens (tertiary/aromatic N) is 4. The molecule has 0 spiro atoms. The topological polar surface area (TPSA) is 71.0 Å². The number of anilines is 1. The third-order valence-corrected chi connectivity index (χ3v) is 7.24. The maximum Gasteiger partial charge on any atom is 0.274 e. The molecule has 1 saturated carbocycles. The van der Waals surface area contributed by atoms with E-state index in [4.69, 9.17) is 0 Å². The molecule has 2 atom stereocenters. The third kappa shape index (κ3) is 2.94. The number of aromatic nitrogens is 3. The minimum atomic E-state index is 0.00540. The molecule has 0 radical (unpaired) electrons. The summed E-state index contributed by atoms with van der Waals surface area (Å²) in [5.41, 5.74) is 3.60. The fraction of sp³-hybridized carbons (Fsp3) is 0.429. The van der Waals surface area contributed by atoms with Crippen LogP contribution in [0, 0.1) is 18.3 Å². The molecule has 2 fully saturated rings. The van der Waals surface area contributed by atoms with E-state index in [0.29, 0.717) is 11.6 Å². The zero-order valence-corrected chi connectivity index (χ0v) is 16.7. The van der Waals surface area contributed by atoms with Gasteiger partial charge in [0.1, 0.15) is 5.69 Å². The van der Waals surface area contributed by atoms with Crippen LogP contribution in [0.25, 0.3) is 10.2 Å². The molecule has 1 N–H and O–H groups in total. The van der Waals surface area contributed by atoms with Crippen molar-refractivity contribution in [3.05, 3.63) is 47.5 Å². The molecule has 0 aromatic carbocycles. The van der Waals surface area contributed by atoms with Crippen LogP contribution in [-0.2, 0) is 0 Å². The van der Waals surface area contributed by atoms with Crippen LogP contribution in [0.3, 0.4) is 0 Å². The Labute approximate surface area is 168 Å². The van der Waals surface area contributed by atoms with E-state index in [9.17, 15) is 4.79 Å². The lowest BCUT2D eigenvalue weighted by Crippen LogP contribution is -2.36. The van der Waals surface area contributed by atoms with Crippen LogP contribution in [0.5, 0.6) is 0 Å². The average molecular weight is 394 g/mol. The molecule has 7 heteroatoms. The normalized spacial score (nSPS) is 23.9. The van der Waals surface area contributed by atoms with Gasteiger partial charge in [-0.05, 0) is 43.2 Å². The third-order valence-electron chi connectivity index (χ3n) is 6.30. The van der Waals surface area contributed by atoms with Crippen LogP contribution in [0.1, 0.15) is 35.4 Å². The lowest BCUT2D eigenvalue weighted by atomic mass is 9.80. The second-order valence-corrected chi connectivity index (χ2v) is 8.94. The summed E-state index contributed by atoms with van der Waals surface area (Å²) < 4.78 is 1.20. The van der Waals surface area contributed by atoms with Crippen molar-refractivity contribution in [1.82, 2.24) is 19.9 Å². The molecule has 144 valence electrons. The second kappa shape index (κ2) is 6.81. The molecular formula is C21H23N5OS. The van der Waals surface area contributed by atoms with Crippen molar-refractivity contribution in [2.75, 3.05) is 25.0 Å². The lowest BCUT2D eigenvalue weighted by molar-refractivity contribution is 0.0764. The number of hydrogen-bond donors (Lipinski definition) is 1. The molecule has 3 aromatic heterocycles. The van der Waals surface area contributed by atoms with Crippen molar-refractivity contribution in [3.8, 4) is 0 Å². The lowest BCUT2D eigenvalue weighted by Gasteiger charge is -2.29. The fourth-order valence-electron chi connectivity index (χ4n) is 4.81. The zero-order chi connectivity index (χ0) is 19.1. The zero-order valence-electron chi connectivity index (χ0n) is 15.9. The Kier molecular flexibility index (Phi) is 4.27. The number of rotatable bonds is 4. The highest BCUT2D eigenvalue weighted by Crippen LogP contribution is 2.49. The molecule has 4 heterocycles. The highest BCUT2D eigenvalue weighted by molar-refractivity contribution is 7.17. The van der Waals surface area contributed by atoms with Gasteiger partial charge in [0.15, 0.2) is 0 Å². The Morgan fingerprint density at radius 1 is 1.32 bits per heavy atom. The number of likely N-dealkylation sites (tertiary alicyclic amines) is 1. The first-order chi connectivity index (χ1) is 13.6. The number of aryl methyl sites for hydroxylation is 1. The van der Waals surface area contributed by atoms with Crippen LogP contribution < -0.4 is 5.32 Å². The number of carbonyl (C=O) groups excluding carboxylic acids is 1. The number of amides is 1. The Morgan fingerprint density at radius 2 is 2.25 bits per heavy atom. The van der Waals surface area contributed by atoms with Crippen molar-refractivity contribution >= 4 is 33.1 Å². The number of carbonyl (C=O) groups is 1. The van der Waals surface area contributed by atoms with E-state index >= 15 is 0 Å². The van der Waals surface area contributed by atoms with E-state index < -0.39 is 0 Å². The molecule has 5 rings (SSSR count). The summed E-state index contributed by atoms with van der Waals surface area (Å²) in [5.74, 6) is 0.550. The Morgan fingerprint density at radius 3 is 3.11 bits per heavy atom. The van der Waals surface area contributed by atoms with Crippen molar-refractivity contribution in [2.24, 2.45) is 11.3 Å². The van der Waals surface area contributed by atoms with Gasteiger partial charge in [0.05, 0.1) is 27.8 Å². The van der Waals surface area contributed by atoms with E-state index in [-0.39, 0.29) is 11.3 Å². The Bertz CT molecular complexity index is 1020. The van der Waals surface area contributed by atoms with Crippen LogP contribution in [0.4, 0.5) is 5.69 Å². The number of fused-ring (bicyclic) bond motifs is 2. The van der Waals surface area contributed by atoms with E-state index in [1.165, 1.54) is 17.5 Å². The molecule has 0 unspecified atom stereocenters. The van der Waals surface area contributed by atoms with Crippen LogP contribution in [0.15, 0.2) is 36.1 Å². The van der Waals surface area contributed by atoms with Gasteiger partial charge < -0.3 is 10.2 Å². The second-order valence-electron chi connectivity index (χ2n) is 8.03. The van der Waals surface area contributed by atoms with Crippen molar-refractivity contribution in [3.63, 3.8) is 0 Å². The maximum absolute atomic E-state index is 12.9. The first kappa shape index (κ1) is 17.6. The van der Waals surface area contributed by atoms with E-state index in [0.717, 1.165) is 43.0 Å². The molecule has 28 heavy (non-hydrogen) atoms. The summed E-state index contributed by atoms with van der Waals surface area (Å²) in [4.78, 5) is 27.9.